The minimum Gasteiger partial charge on any atom is -0.336 e. The molecule has 10 heteroatoms. The Morgan fingerprint density at radius 1 is 1.10 bits per heavy atom. The zero-order valence-electron chi connectivity index (χ0n) is 16.4. The first kappa shape index (κ1) is 20.7. The van der Waals surface area contributed by atoms with Gasteiger partial charge in [-0.15, -0.1) is 5.10 Å². The number of nitrogens with zero attached hydrogens (tertiary/aromatic N) is 3. The predicted molar refractivity (Wildman–Crippen MR) is 109 cm³/mol. The van der Waals surface area contributed by atoms with Gasteiger partial charge in [0.1, 0.15) is 0 Å². The van der Waals surface area contributed by atoms with Gasteiger partial charge in [-0.05, 0) is 31.0 Å². The number of nitrogens with one attached hydrogen (secondary N) is 2. The summed E-state index contributed by atoms with van der Waals surface area (Å²) in [5.74, 6) is 0.585. The van der Waals surface area contributed by atoms with Gasteiger partial charge < -0.3 is 10.6 Å². The Morgan fingerprint density at radius 3 is 2.52 bits per heavy atom. The highest BCUT2D eigenvalue weighted by Gasteiger charge is 2.31. The average molecular weight is 431 g/mol. The Bertz CT molecular complexity index is 1130. The molecule has 0 spiro atoms. The highest BCUT2D eigenvalue weighted by Crippen LogP contribution is 2.36. The fourth-order valence-electron chi connectivity index (χ4n) is 3.24. The minimum atomic E-state index is -4.49. The van der Waals surface area contributed by atoms with E-state index in [1.54, 1.807) is 4.57 Å². The molecule has 0 bridgehead atoms. The number of amides is 2. The molecule has 3 aromatic rings. The number of urea groups is 1. The molecule has 1 aliphatic rings. The van der Waals surface area contributed by atoms with Crippen molar-refractivity contribution in [3.63, 3.8) is 0 Å². The summed E-state index contributed by atoms with van der Waals surface area (Å²) in [5, 5.41) is 9.33. The molecular weight excluding hydrogens is 411 g/mol. The van der Waals surface area contributed by atoms with Crippen LogP contribution in [-0.4, -0.2) is 26.9 Å². The van der Waals surface area contributed by atoms with Gasteiger partial charge in [0.25, 0.3) is 0 Å². The van der Waals surface area contributed by atoms with E-state index in [0.717, 1.165) is 30.5 Å². The number of aromatic nitrogens is 3. The number of carbonyl (C=O) groups excluding carboxylic acids is 1. The highest BCUT2D eigenvalue weighted by atomic mass is 19.4. The van der Waals surface area contributed by atoms with Crippen molar-refractivity contribution < 1.29 is 18.0 Å². The van der Waals surface area contributed by atoms with E-state index >= 15 is 0 Å². The molecule has 4 rings (SSSR count). The Morgan fingerprint density at radius 2 is 1.84 bits per heavy atom. The molecule has 0 saturated heterocycles. The first-order chi connectivity index (χ1) is 14.8. The summed E-state index contributed by atoms with van der Waals surface area (Å²) in [5.41, 5.74) is -0.244. The van der Waals surface area contributed by atoms with Crippen LogP contribution in [0.5, 0.6) is 0 Å². The van der Waals surface area contributed by atoms with E-state index < -0.39 is 17.8 Å². The fourth-order valence-corrected chi connectivity index (χ4v) is 3.24. The van der Waals surface area contributed by atoms with Gasteiger partial charge >= 0.3 is 17.9 Å². The number of hydrogen-bond donors (Lipinski definition) is 2. The summed E-state index contributed by atoms with van der Waals surface area (Å²) in [4.78, 5) is 24.8. The Balaban J connectivity index is 1.40. The summed E-state index contributed by atoms with van der Waals surface area (Å²) in [7, 11) is 0. The average Bonchev–Trinajstić information content (AvgIpc) is 3.52. The SMILES string of the molecule is O=C(NCCn1nc(-c2ccccc2)n(C2CC2)c1=O)Nc1cccc(C(F)(F)F)c1. The molecule has 2 amide bonds. The van der Waals surface area contributed by atoms with Gasteiger partial charge in [0.05, 0.1) is 12.1 Å². The van der Waals surface area contributed by atoms with E-state index in [-0.39, 0.29) is 30.5 Å². The maximum Gasteiger partial charge on any atom is 0.416 e. The number of anilines is 1. The lowest BCUT2D eigenvalue weighted by Crippen LogP contribution is -2.34. The summed E-state index contributed by atoms with van der Waals surface area (Å²) < 4.78 is 41.3. The summed E-state index contributed by atoms with van der Waals surface area (Å²) in [6.45, 7) is 0.217. The standard InChI is InChI=1S/C21H20F3N5O2/c22-21(23,24)15-7-4-8-16(13-15)26-19(30)25-11-12-28-20(31)29(17-9-10-17)18(27-28)14-5-2-1-3-6-14/h1-8,13,17H,9-12H2,(H2,25,26,30). The normalized spacial score (nSPS) is 13.8. The van der Waals surface area contributed by atoms with Crippen LogP contribution in [0.1, 0.15) is 24.4 Å². The third kappa shape index (κ3) is 4.79. The van der Waals surface area contributed by atoms with E-state index in [9.17, 15) is 22.8 Å². The van der Waals surface area contributed by atoms with Crippen LogP contribution in [0, 0.1) is 0 Å². The molecule has 0 aliphatic heterocycles. The Hall–Kier alpha value is -3.56. The molecule has 0 unspecified atom stereocenters. The maximum absolute atomic E-state index is 12.8. The van der Waals surface area contributed by atoms with Crippen molar-refractivity contribution in [1.82, 2.24) is 19.7 Å². The lowest BCUT2D eigenvalue weighted by molar-refractivity contribution is -0.137. The highest BCUT2D eigenvalue weighted by molar-refractivity contribution is 5.89. The zero-order chi connectivity index (χ0) is 22.0. The van der Waals surface area contributed by atoms with Crippen LogP contribution in [-0.2, 0) is 12.7 Å². The van der Waals surface area contributed by atoms with E-state index in [1.165, 1.54) is 16.8 Å². The Kier molecular flexibility index (Phi) is 5.53. The van der Waals surface area contributed by atoms with Crippen LogP contribution in [0.3, 0.4) is 0 Å². The van der Waals surface area contributed by atoms with Gasteiger partial charge in [-0.2, -0.15) is 13.2 Å². The molecule has 0 radical (unpaired) electrons. The van der Waals surface area contributed by atoms with Crippen molar-refractivity contribution in [3.05, 3.63) is 70.6 Å². The number of carbonyl (C=O) groups is 1. The quantitative estimate of drug-likeness (QED) is 0.622. The topological polar surface area (TPSA) is 81.0 Å². The van der Waals surface area contributed by atoms with Crippen molar-refractivity contribution in [3.8, 4) is 11.4 Å². The number of benzene rings is 2. The van der Waals surface area contributed by atoms with E-state index in [0.29, 0.717) is 5.82 Å². The van der Waals surface area contributed by atoms with Crippen molar-refractivity contribution in [2.24, 2.45) is 0 Å². The lowest BCUT2D eigenvalue weighted by atomic mass is 10.2. The van der Waals surface area contributed by atoms with Crippen molar-refractivity contribution >= 4 is 11.7 Å². The van der Waals surface area contributed by atoms with Gasteiger partial charge in [-0.3, -0.25) is 4.57 Å². The number of halogens is 3. The number of hydrogen-bond acceptors (Lipinski definition) is 3. The van der Waals surface area contributed by atoms with Crippen LogP contribution < -0.4 is 16.3 Å². The zero-order valence-corrected chi connectivity index (χ0v) is 16.4. The molecule has 1 aromatic heterocycles. The van der Waals surface area contributed by atoms with E-state index in [2.05, 4.69) is 15.7 Å². The largest absolute Gasteiger partial charge is 0.416 e. The monoisotopic (exact) mass is 431 g/mol. The van der Waals surface area contributed by atoms with Gasteiger partial charge in [-0.1, -0.05) is 36.4 Å². The van der Waals surface area contributed by atoms with Crippen LogP contribution in [0.4, 0.5) is 23.7 Å². The third-order valence-corrected chi connectivity index (χ3v) is 4.87. The Labute approximate surface area is 175 Å². The molecular formula is C21H20F3N5O2. The molecule has 7 nitrogen and oxygen atoms in total. The third-order valence-electron chi connectivity index (χ3n) is 4.87. The molecule has 162 valence electrons. The first-order valence-electron chi connectivity index (χ1n) is 9.80. The molecule has 1 aliphatic carbocycles. The van der Waals surface area contributed by atoms with Crippen LogP contribution in [0.15, 0.2) is 59.4 Å². The van der Waals surface area contributed by atoms with Gasteiger partial charge in [-0.25, -0.2) is 14.3 Å². The van der Waals surface area contributed by atoms with Crippen molar-refractivity contribution in [1.29, 1.82) is 0 Å². The molecule has 1 heterocycles. The molecule has 31 heavy (non-hydrogen) atoms. The number of rotatable bonds is 6. The second kappa shape index (κ2) is 8.29. The number of alkyl halides is 3. The predicted octanol–water partition coefficient (Wildman–Crippen LogP) is 3.89. The summed E-state index contributed by atoms with van der Waals surface area (Å²) in [6.07, 6.45) is -2.65. The van der Waals surface area contributed by atoms with E-state index in [1.807, 2.05) is 30.3 Å². The van der Waals surface area contributed by atoms with Crippen LogP contribution in [0.25, 0.3) is 11.4 Å². The smallest absolute Gasteiger partial charge is 0.336 e. The fraction of sp³-hybridized carbons (Fsp3) is 0.286. The van der Waals surface area contributed by atoms with Crippen LogP contribution >= 0.6 is 0 Å². The first-order valence-corrected chi connectivity index (χ1v) is 9.80. The minimum absolute atomic E-state index is 0.0221. The maximum atomic E-state index is 12.8. The van der Waals surface area contributed by atoms with Crippen molar-refractivity contribution in [2.45, 2.75) is 31.6 Å². The molecule has 2 aromatic carbocycles. The van der Waals surface area contributed by atoms with Gasteiger partial charge in [0, 0.05) is 23.8 Å². The second-order valence-corrected chi connectivity index (χ2v) is 7.26. The van der Waals surface area contributed by atoms with Crippen molar-refractivity contribution in [2.75, 3.05) is 11.9 Å². The molecule has 2 N–H and O–H groups in total. The van der Waals surface area contributed by atoms with Gasteiger partial charge in [0.2, 0.25) is 0 Å². The van der Waals surface area contributed by atoms with E-state index in [4.69, 9.17) is 0 Å². The molecule has 1 fully saturated rings. The lowest BCUT2D eigenvalue weighted by Gasteiger charge is -2.10. The summed E-state index contributed by atoms with van der Waals surface area (Å²) >= 11 is 0. The molecule has 0 atom stereocenters. The molecule has 1 saturated carbocycles. The van der Waals surface area contributed by atoms with Crippen LogP contribution in [0.2, 0.25) is 0 Å². The van der Waals surface area contributed by atoms with Gasteiger partial charge in [0.15, 0.2) is 5.82 Å². The summed E-state index contributed by atoms with van der Waals surface area (Å²) in [6, 6.07) is 13.2. The second-order valence-electron chi connectivity index (χ2n) is 7.26.